The zero-order valence-corrected chi connectivity index (χ0v) is 13.4. The topological polar surface area (TPSA) is 63.4 Å². The fourth-order valence-corrected chi connectivity index (χ4v) is 2.92. The van der Waals surface area contributed by atoms with Crippen molar-refractivity contribution in [2.24, 2.45) is 11.7 Å². The number of hydrogen-bond acceptors (Lipinski definition) is 2. The number of amides is 2. The van der Waals surface area contributed by atoms with Crippen LogP contribution in [0.2, 0.25) is 0 Å². The van der Waals surface area contributed by atoms with E-state index in [-0.39, 0.29) is 17.7 Å². The fraction of sp³-hybridized carbons (Fsp3) is 0.200. The molecule has 0 bridgehead atoms. The fourth-order valence-electron chi connectivity index (χ4n) is 2.92. The number of hydrogen-bond donors (Lipinski definition) is 1. The second-order valence-corrected chi connectivity index (χ2v) is 6.00. The van der Waals surface area contributed by atoms with Gasteiger partial charge in [-0.25, -0.2) is 0 Å². The number of primary amides is 1. The first-order valence-electron chi connectivity index (χ1n) is 8.05. The Kier molecular flexibility index (Phi) is 4.75. The van der Waals surface area contributed by atoms with E-state index in [1.54, 1.807) is 11.0 Å². The molecule has 1 atom stereocenters. The van der Waals surface area contributed by atoms with Gasteiger partial charge in [0.2, 0.25) is 11.8 Å². The molecule has 0 unspecified atom stereocenters. The lowest BCUT2D eigenvalue weighted by atomic mass is 10.0. The van der Waals surface area contributed by atoms with Gasteiger partial charge in [0, 0.05) is 19.2 Å². The van der Waals surface area contributed by atoms with Crippen LogP contribution in [0.4, 0.5) is 0 Å². The largest absolute Gasteiger partial charge is 0.369 e. The summed E-state index contributed by atoms with van der Waals surface area (Å²) in [6.45, 7) is 1.00. The van der Waals surface area contributed by atoms with Gasteiger partial charge in [-0.15, -0.1) is 0 Å². The van der Waals surface area contributed by atoms with Crippen molar-refractivity contribution in [3.8, 4) is 11.1 Å². The molecule has 4 heteroatoms. The highest BCUT2D eigenvalue weighted by molar-refractivity contribution is 5.92. The van der Waals surface area contributed by atoms with E-state index in [4.69, 9.17) is 5.73 Å². The lowest BCUT2D eigenvalue weighted by molar-refractivity contribution is -0.125. The van der Waals surface area contributed by atoms with Crippen molar-refractivity contribution in [1.29, 1.82) is 0 Å². The monoisotopic (exact) mass is 320 g/mol. The summed E-state index contributed by atoms with van der Waals surface area (Å²) in [6.07, 6.45) is 4.03. The second-order valence-electron chi connectivity index (χ2n) is 6.00. The van der Waals surface area contributed by atoms with Crippen LogP contribution in [-0.4, -0.2) is 29.8 Å². The maximum atomic E-state index is 12.2. The zero-order chi connectivity index (χ0) is 16.9. The average molecular weight is 320 g/mol. The molecule has 2 aromatic carbocycles. The molecular formula is C20H20N2O2. The zero-order valence-electron chi connectivity index (χ0n) is 13.4. The Morgan fingerprint density at radius 2 is 1.79 bits per heavy atom. The molecule has 0 saturated carbocycles. The molecule has 24 heavy (non-hydrogen) atoms. The van der Waals surface area contributed by atoms with Crippen LogP contribution in [0, 0.1) is 5.92 Å². The Labute approximate surface area is 141 Å². The van der Waals surface area contributed by atoms with Gasteiger partial charge in [-0.2, -0.15) is 0 Å². The summed E-state index contributed by atoms with van der Waals surface area (Å²) in [5.74, 6) is -0.627. The Hall–Kier alpha value is -2.88. The summed E-state index contributed by atoms with van der Waals surface area (Å²) in [4.78, 5) is 25.1. The first-order valence-corrected chi connectivity index (χ1v) is 8.05. The van der Waals surface area contributed by atoms with Gasteiger partial charge in [0.1, 0.15) is 0 Å². The molecule has 0 spiro atoms. The van der Waals surface area contributed by atoms with Crippen LogP contribution in [0.5, 0.6) is 0 Å². The number of nitrogens with two attached hydrogens (primary N) is 1. The molecule has 2 N–H and O–H groups in total. The molecule has 1 fully saturated rings. The predicted molar refractivity (Wildman–Crippen MR) is 94.8 cm³/mol. The maximum Gasteiger partial charge on any atom is 0.246 e. The molecule has 1 heterocycles. The van der Waals surface area contributed by atoms with Crippen LogP contribution in [0.1, 0.15) is 12.0 Å². The summed E-state index contributed by atoms with van der Waals surface area (Å²) in [5, 5.41) is 0. The highest BCUT2D eigenvalue weighted by Gasteiger charge is 2.28. The molecule has 2 amide bonds. The van der Waals surface area contributed by atoms with Crippen molar-refractivity contribution < 1.29 is 9.59 Å². The van der Waals surface area contributed by atoms with Crippen molar-refractivity contribution in [2.75, 3.05) is 13.1 Å². The molecule has 3 rings (SSSR count). The van der Waals surface area contributed by atoms with E-state index in [2.05, 4.69) is 18.2 Å². The second kappa shape index (κ2) is 7.13. The molecule has 0 aromatic heterocycles. The van der Waals surface area contributed by atoms with E-state index in [0.717, 1.165) is 16.7 Å². The first kappa shape index (κ1) is 16.0. The summed E-state index contributed by atoms with van der Waals surface area (Å²) in [5.41, 5.74) is 8.52. The van der Waals surface area contributed by atoms with Crippen LogP contribution in [-0.2, 0) is 9.59 Å². The number of nitrogens with zero attached hydrogens (tertiary/aromatic N) is 1. The maximum absolute atomic E-state index is 12.2. The molecule has 0 aliphatic carbocycles. The summed E-state index contributed by atoms with van der Waals surface area (Å²) in [7, 11) is 0. The molecule has 1 aliphatic rings. The summed E-state index contributed by atoms with van der Waals surface area (Å²) < 4.78 is 0. The van der Waals surface area contributed by atoms with Gasteiger partial charge >= 0.3 is 0 Å². The number of carbonyl (C=O) groups excluding carboxylic acids is 2. The van der Waals surface area contributed by atoms with Gasteiger partial charge in [0.05, 0.1) is 5.92 Å². The van der Waals surface area contributed by atoms with E-state index in [1.165, 1.54) is 0 Å². The van der Waals surface area contributed by atoms with E-state index >= 15 is 0 Å². The number of carbonyl (C=O) groups is 2. The summed E-state index contributed by atoms with van der Waals surface area (Å²) in [6, 6.07) is 18.2. The average Bonchev–Trinajstić information content (AvgIpc) is 3.11. The van der Waals surface area contributed by atoms with Gasteiger partial charge in [-0.3, -0.25) is 9.59 Å². The van der Waals surface area contributed by atoms with Crippen LogP contribution >= 0.6 is 0 Å². The van der Waals surface area contributed by atoms with Gasteiger partial charge in [0.15, 0.2) is 0 Å². The van der Waals surface area contributed by atoms with Crippen LogP contribution < -0.4 is 5.73 Å². The highest BCUT2D eigenvalue weighted by Crippen LogP contribution is 2.21. The molecule has 122 valence electrons. The van der Waals surface area contributed by atoms with Gasteiger partial charge in [-0.1, -0.05) is 48.5 Å². The van der Waals surface area contributed by atoms with Crippen molar-refractivity contribution in [1.82, 2.24) is 4.90 Å². The van der Waals surface area contributed by atoms with Crippen molar-refractivity contribution >= 4 is 17.9 Å². The minimum atomic E-state index is -0.329. The molecular weight excluding hydrogens is 300 g/mol. The van der Waals surface area contributed by atoms with E-state index in [9.17, 15) is 9.59 Å². The number of likely N-dealkylation sites (tertiary alicyclic amines) is 1. The van der Waals surface area contributed by atoms with Crippen LogP contribution in [0.25, 0.3) is 17.2 Å². The number of benzene rings is 2. The summed E-state index contributed by atoms with van der Waals surface area (Å²) >= 11 is 0. The van der Waals surface area contributed by atoms with Crippen molar-refractivity contribution in [3.05, 3.63) is 66.2 Å². The molecule has 1 aliphatic heterocycles. The predicted octanol–water partition coefficient (Wildman–Crippen LogP) is 2.70. The highest BCUT2D eigenvalue weighted by atomic mass is 16.2. The molecule has 1 saturated heterocycles. The Morgan fingerprint density at radius 1 is 1.04 bits per heavy atom. The molecule has 4 nitrogen and oxygen atoms in total. The Morgan fingerprint density at radius 3 is 2.50 bits per heavy atom. The van der Waals surface area contributed by atoms with Gasteiger partial charge in [-0.05, 0) is 35.3 Å². The smallest absolute Gasteiger partial charge is 0.246 e. The van der Waals surface area contributed by atoms with E-state index < -0.39 is 0 Å². The van der Waals surface area contributed by atoms with Gasteiger partial charge in [0.25, 0.3) is 0 Å². The Balaban J connectivity index is 1.69. The van der Waals surface area contributed by atoms with E-state index in [0.29, 0.717) is 19.5 Å². The third-order valence-corrected chi connectivity index (χ3v) is 4.31. The van der Waals surface area contributed by atoms with Crippen LogP contribution in [0.3, 0.4) is 0 Å². The van der Waals surface area contributed by atoms with Gasteiger partial charge < -0.3 is 10.6 Å². The normalized spacial score (nSPS) is 17.3. The van der Waals surface area contributed by atoms with Crippen molar-refractivity contribution in [2.45, 2.75) is 6.42 Å². The lowest BCUT2D eigenvalue weighted by Gasteiger charge is -2.13. The Bertz CT molecular complexity index is 768. The quantitative estimate of drug-likeness (QED) is 0.880. The third kappa shape index (κ3) is 3.71. The van der Waals surface area contributed by atoms with Crippen LogP contribution in [0.15, 0.2) is 60.7 Å². The lowest BCUT2D eigenvalue weighted by Crippen LogP contribution is -2.30. The first-order chi connectivity index (χ1) is 11.6. The SMILES string of the molecule is NC(=O)[C@@H]1CCN(C(=O)/C=C/c2cccc(-c3ccccc3)c2)C1. The third-order valence-electron chi connectivity index (χ3n) is 4.31. The molecule has 0 radical (unpaired) electrons. The minimum Gasteiger partial charge on any atom is -0.369 e. The molecule has 2 aromatic rings. The van der Waals surface area contributed by atoms with E-state index in [1.807, 2.05) is 42.5 Å². The minimum absolute atomic E-state index is 0.0798. The standard InChI is InChI=1S/C20H20N2O2/c21-20(24)18-11-12-22(14-18)19(23)10-9-15-5-4-8-17(13-15)16-6-2-1-3-7-16/h1-10,13,18H,11-12,14H2,(H2,21,24)/b10-9+/t18-/m1/s1. The number of rotatable bonds is 4. The van der Waals surface area contributed by atoms with Crippen molar-refractivity contribution in [3.63, 3.8) is 0 Å².